The lowest BCUT2D eigenvalue weighted by molar-refractivity contribution is 0.0940. The van der Waals surface area contributed by atoms with E-state index in [0.29, 0.717) is 51.4 Å². The second-order valence-corrected chi connectivity index (χ2v) is 8.80. The number of anilines is 1. The summed E-state index contributed by atoms with van der Waals surface area (Å²) in [5, 5.41) is 10.2. The predicted octanol–water partition coefficient (Wildman–Crippen LogP) is 4.90. The Morgan fingerprint density at radius 2 is 1.80 bits per heavy atom. The van der Waals surface area contributed by atoms with Gasteiger partial charge in [-0.15, -0.1) is 0 Å². The molecule has 9 nitrogen and oxygen atoms in total. The van der Waals surface area contributed by atoms with Crippen molar-refractivity contribution in [2.75, 3.05) is 5.32 Å². The van der Waals surface area contributed by atoms with Crippen LogP contribution in [0.15, 0.2) is 45.2 Å². The van der Waals surface area contributed by atoms with E-state index in [0.717, 1.165) is 5.69 Å². The van der Waals surface area contributed by atoms with Crippen LogP contribution in [0.3, 0.4) is 0 Å². The molecule has 1 aromatic carbocycles. The number of furan rings is 1. The first-order valence-electron chi connectivity index (χ1n) is 11.4. The van der Waals surface area contributed by atoms with Gasteiger partial charge >= 0.3 is 0 Å². The summed E-state index contributed by atoms with van der Waals surface area (Å²) >= 11 is 0. The topological polar surface area (TPSA) is 115 Å². The number of carbonyl (C=O) groups excluding carboxylic acids is 2. The van der Waals surface area contributed by atoms with Gasteiger partial charge in [-0.3, -0.25) is 14.3 Å². The second kappa shape index (κ2) is 9.61. The maximum Gasteiger partial charge on any atom is 0.269 e. The summed E-state index contributed by atoms with van der Waals surface area (Å²) in [6.45, 7) is 9.63. The van der Waals surface area contributed by atoms with E-state index in [1.807, 2.05) is 26.0 Å². The van der Waals surface area contributed by atoms with Crippen molar-refractivity contribution < 1.29 is 18.4 Å². The van der Waals surface area contributed by atoms with Gasteiger partial charge in [-0.25, -0.2) is 4.98 Å². The lowest BCUT2D eigenvalue weighted by atomic mass is 10.1. The molecule has 0 aliphatic rings. The van der Waals surface area contributed by atoms with Crippen molar-refractivity contribution >= 4 is 17.5 Å². The van der Waals surface area contributed by atoms with Gasteiger partial charge in [-0.2, -0.15) is 5.10 Å². The molecule has 3 aromatic heterocycles. The molecule has 0 radical (unpaired) electrons. The van der Waals surface area contributed by atoms with Gasteiger partial charge in [-0.1, -0.05) is 19.9 Å². The number of nitrogens with one attached hydrogen (secondary N) is 2. The molecule has 0 saturated carbocycles. The molecule has 0 atom stereocenters. The number of benzene rings is 1. The van der Waals surface area contributed by atoms with E-state index in [2.05, 4.69) is 20.7 Å². The summed E-state index contributed by atoms with van der Waals surface area (Å²) in [6, 6.07) is 10.7. The van der Waals surface area contributed by atoms with E-state index >= 15 is 0 Å². The van der Waals surface area contributed by atoms with Gasteiger partial charge in [0.15, 0.2) is 0 Å². The first-order chi connectivity index (χ1) is 16.6. The maximum atomic E-state index is 12.7. The van der Waals surface area contributed by atoms with E-state index < -0.39 is 0 Å². The number of amides is 2. The van der Waals surface area contributed by atoms with Crippen LogP contribution in [0.1, 0.15) is 69.3 Å². The van der Waals surface area contributed by atoms with Gasteiger partial charge in [-0.05, 0) is 57.0 Å². The van der Waals surface area contributed by atoms with Gasteiger partial charge in [0.2, 0.25) is 5.89 Å². The maximum absolute atomic E-state index is 12.7. The summed E-state index contributed by atoms with van der Waals surface area (Å²) in [4.78, 5) is 29.9. The molecular weight excluding hydrogens is 446 g/mol. The van der Waals surface area contributed by atoms with Crippen LogP contribution in [0.2, 0.25) is 0 Å². The third-order valence-corrected chi connectivity index (χ3v) is 5.68. The van der Waals surface area contributed by atoms with Crippen molar-refractivity contribution in [3.05, 3.63) is 76.3 Å². The highest BCUT2D eigenvalue weighted by molar-refractivity contribution is 6.05. The summed E-state index contributed by atoms with van der Waals surface area (Å²) in [6.07, 6.45) is 0. The van der Waals surface area contributed by atoms with Crippen LogP contribution >= 0.6 is 0 Å². The van der Waals surface area contributed by atoms with Crippen molar-refractivity contribution in [1.29, 1.82) is 0 Å². The fraction of sp³-hybridized carbons (Fsp3) is 0.308. The fourth-order valence-corrected chi connectivity index (χ4v) is 3.74. The first kappa shape index (κ1) is 24.0. The van der Waals surface area contributed by atoms with Crippen LogP contribution in [0, 0.1) is 20.8 Å². The van der Waals surface area contributed by atoms with Crippen LogP contribution in [0.5, 0.6) is 0 Å². The molecule has 4 aromatic rings. The van der Waals surface area contributed by atoms with Gasteiger partial charge < -0.3 is 19.5 Å². The van der Waals surface area contributed by atoms with Crippen LogP contribution in [-0.4, -0.2) is 26.6 Å². The van der Waals surface area contributed by atoms with E-state index in [9.17, 15) is 9.59 Å². The Morgan fingerprint density at radius 1 is 1.03 bits per heavy atom. The molecule has 0 saturated heterocycles. The highest BCUT2D eigenvalue weighted by atomic mass is 16.4. The number of hydrogen-bond acceptors (Lipinski definition) is 6. The third-order valence-electron chi connectivity index (χ3n) is 5.68. The quantitative estimate of drug-likeness (QED) is 0.393. The molecule has 0 aliphatic carbocycles. The van der Waals surface area contributed by atoms with E-state index in [4.69, 9.17) is 8.83 Å². The SMILES string of the molecule is Cc1cc(C(=O)Nc2cccc(-c3nc(CNC(=O)c4cc(C(C)C)nn4C)c(C)o3)c2)c(C)o1. The van der Waals surface area contributed by atoms with Gasteiger partial charge in [0.25, 0.3) is 11.8 Å². The van der Waals surface area contributed by atoms with E-state index in [-0.39, 0.29) is 24.3 Å². The number of nitrogens with zero attached hydrogens (tertiary/aromatic N) is 3. The molecule has 0 bridgehead atoms. The van der Waals surface area contributed by atoms with Crippen molar-refractivity contribution in [2.45, 2.75) is 47.1 Å². The van der Waals surface area contributed by atoms with E-state index in [1.54, 1.807) is 56.8 Å². The number of oxazole rings is 1. The van der Waals surface area contributed by atoms with Crippen LogP contribution < -0.4 is 10.6 Å². The summed E-state index contributed by atoms with van der Waals surface area (Å²) in [5.74, 6) is 2.01. The molecule has 0 spiro atoms. The smallest absolute Gasteiger partial charge is 0.269 e. The standard InChI is InChI=1S/C26H29N5O4/c1-14(2)21-12-23(31(6)30-21)25(33)27-13-22-17(5)35-26(29-22)18-8-7-9-19(11-18)28-24(32)20-10-15(3)34-16(20)4/h7-12,14H,13H2,1-6H3,(H,27,33)(H,28,32). The lowest BCUT2D eigenvalue weighted by Crippen LogP contribution is -2.25. The Kier molecular flexibility index (Phi) is 6.59. The number of aryl methyl sites for hydroxylation is 4. The Balaban J connectivity index is 1.46. The van der Waals surface area contributed by atoms with Gasteiger partial charge in [0, 0.05) is 18.3 Å². The Bertz CT molecular complexity index is 1390. The molecule has 4 rings (SSSR count). The van der Waals surface area contributed by atoms with Gasteiger partial charge in [0.1, 0.15) is 28.7 Å². The highest BCUT2D eigenvalue weighted by Crippen LogP contribution is 2.25. The largest absolute Gasteiger partial charge is 0.466 e. The molecule has 35 heavy (non-hydrogen) atoms. The fourth-order valence-electron chi connectivity index (χ4n) is 3.74. The minimum absolute atomic E-state index is 0.214. The lowest BCUT2D eigenvalue weighted by Gasteiger charge is -2.05. The zero-order valence-electron chi connectivity index (χ0n) is 20.7. The molecule has 182 valence electrons. The van der Waals surface area contributed by atoms with Crippen molar-refractivity contribution in [3.63, 3.8) is 0 Å². The highest BCUT2D eigenvalue weighted by Gasteiger charge is 2.18. The van der Waals surface area contributed by atoms with E-state index in [1.165, 1.54) is 0 Å². The molecule has 0 unspecified atom stereocenters. The van der Waals surface area contributed by atoms with Crippen LogP contribution in [0.25, 0.3) is 11.5 Å². The van der Waals surface area contributed by atoms with Crippen molar-refractivity contribution in [3.8, 4) is 11.5 Å². The molecule has 9 heteroatoms. The molecule has 0 fully saturated rings. The summed E-state index contributed by atoms with van der Waals surface area (Å²) in [5.41, 5.74) is 3.78. The average Bonchev–Trinajstić information content (AvgIpc) is 3.48. The third kappa shape index (κ3) is 5.18. The average molecular weight is 476 g/mol. The van der Waals surface area contributed by atoms with Crippen LogP contribution in [0.4, 0.5) is 5.69 Å². The number of carbonyl (C=O) groups is 2. The number of rotatable bonds is 7. The second-order valence-electron chi connectivity index (χ2n) is 8.80. The minimum Gasteiger partial charge on any atom is -0.466 e. The molecule has 3 heterocycles. The van der Waals surface area contributed by atoms with Gasteiger partial charge in [0.05, 0.1) is 17.8 Å². The molecule has 0 aliphatic heterocycles. The predicted molar refractivity (Wildman–Crippen MR) is 131 cm³/mol. The zero-order valence-corrected chi connectivity index (χ0v) is 20.7. The number of aromatic nitrogens is 3. The zero-order chi connectivity index (χ0) is 25.3. The molecular formula is C26H29N5O4. The Hall–Kier alpha value is -4.14. The molecule has 2 N–H and O–H groups in total. The first-order valence-corrected chi connectivity index (χ1v) is 11.4. The Morgan fingerprint density at radius 3 is 2.46 bits per heavy atom. The minimum atomic E-state index is -0.251. The van der Waals surface area contributed by atoms with Crippen molar-refractivity contribution in [2.24, 2.45) is 7.05 Å². The molecule has 2 amide bonds. The summed E-state index contributed by atoms with van der Waals surface area (Å²) < 4.78 is 12.9. The monoisotopic (exact) mass is 475 g/mol. The summed E-state index contributed by atoms with van der Waals surface area (Å²) in [7, 11) is 1.75. The Labute approximate surface area is 203 Å². The normalized spacial score (nSPS) is 11.2. The van der Waals surface area contributed by atoms with Crippen LogP contribution in [-0.2, 0) is 13.6 Å². The number of hydrogen-bond donors (Lipinski definition) is 2. The van der Waals surface area contributed by atoms with Crippen molar-refractivity contribution in [1.82, 2.24) is 20.1 Å².